The van der Waals surface area contributed by atoms with Gasteiger partial charge in [0.15, 0.2) is 0 Å². The molecule has 1 unspecified atom stereocenters. The predicted molar refractivity (Wildman–Crippen MR) is 157 cm³/mol. The molecular formula is C31H35ClFN5O3. The lowest BCUT2D eigenvalue weighted by Crippen LogP contribution is -2.42. The Kier molecular flexibility index (Phi) is 9.17. The molecule has 1 amide bonds. The monoisotopic (exact) mass is 579 g/mol. The van der Waals surface area contributed by atoms with Gasteiger partial charge in [-0.1, -0.05) is 35.9 Å². The number of carbonyl (C=O) groups is 1. The Balaban J connectivity index is 1.24. The highest BCUT2D eigenvalue weighted by atomic mass is 35.5. The molecule has 2 atom stereocenters. The van der Waals surface area contributed by atoms with Crippen molar-refractivity contribution in [3.63, 3.8) is 0 Å². The summed E-state index contributed by atoms with van der Waals surface area (Å²) < 4.78 is 22.1. The number of piperidine rings is 1. The van der Waals surface area contributed by atoms with Crippen LogP contribution in [0, 0.1) is 5.82 Å². The zero-order chi connectivity index (χ0) is 28.9. The molecular weight excluding hydrogens is 545 g/mol. The van der Waals surface area contributed by atoms with E-state index in [1.165, 1.54) is 6.07 Å². The van der Waals surface area contributed by atoms with Crippen LogP contribution in [0.3, 0.4) is 0 Å². The Morgan fingerprint density at radius 3 is 2.68 bits per heavy atom. The van der Waals surface area contributed by atoms with Crippen molar-refractivity contribution in [1.29, 1.82) is 0 Å². The van der Waals surface area contributed by atoms with Crippen molar-refractivity contribution in [1.82, 2.24) is 19.4 Å². The third kappa shape index (κ3) is 6.69. The highest BCUT2D eigenvalue weighted by Crippen LogP contribution is 2.36. The van der Waals surface area contributed by atoms with Crippen LogP contribution in [0.4, 0.5) is 4.39 Å². The van der Waals surface area contributed by atoms with Gasteiger partial charge in [0.05, 0.1) is 10.5 Å². The zero-order valence-corrected chi connectivity index (χ0v) is 23.9. The van der Waals surface area contributed by atoms with Gasteiger partial charge >= 0.3 is 6.01 Å². The molecule has 1 aliphatic heterocycles. The van der Waals surface area contributed by atoms with Gasteiger partial charge in [-0.15, -0.1) is 0 Å². The van der Waals surface area contributed by atoms with Crippen molar-refractivity contribution in [2.24, 2.45) is 5.73 Å². The van der Waals surface area contributed by atoms with Crippen molar-refractivity contribution in [2.45, 2.75) is 50.6 Å². The molecule has 0 saturated carbocycles. The van der Waals surface area contributed by atoms with Crippen LogP contribution >= 0.6 is 11.6 Å². The SMILES string of the molecule is COCCCn1c(C2CCCN(C(=O)C[C@H](N)Cc3ccc(-c4cnc(O)nc4)cc3)C2)cc2c(F)ccc(Cl)c21. The molecule has 1 fully saturated rings. The summed E-state index contributed by atoms with van der Waals surface area (Å²) in [5.41, 5.74) is 10.9. The second-order valence-corrected chi connectivity index (χ2v) is 11.1. The first kappa shape index (κ1) is 29.0. The Morgan fingerprint density at radius 2 is 1.95 bits per heavy atom. The molecule has 8 nitrogen and oxygen atoms in total. The molecule has 0 radical (unpaired) electrons. The van der Waals surface area contributed by atoms with E-state index in [1.807, 2.05) is 35.2 Å². The second-order valence-electron chi connectivity index (χ2n) is 10.7. The number of likely N-dealkylation sites (tertiary alicyclic amines) is 1. The normalized spacial score (nSPS) is 16.3. The second kappa shape index (κ2) is 13.0. The first-order valence-corrected chi connectivity index (χ1v) is 14.3. The number of aromatic nitrogens is 3. The molecule has 2 aromatic heterocycles. The van der Waals surface area contributed by atoms with Gasteiger partial charge in [-0.25, -0.2) is 14.4 Å². The quantitative estimate of drug-likeness (QED) is 0.247. The number of fused-ring (bicyclic) bond motifs is 1. The molecule has 1 aliphatic rings. The number of methoxy groups -OCH3 is 1. The Labute approximate surface area is 243 Å². The molecule has 0 spiro atoms. The summed E-state index contributed by atoms with van der Waals surface area (Å²) in [6.45, 7) is 2.50. The van der Waals surface area contributed by atoms with E-state index in [2.05, 4.69) is 14.5 Å². The summed E-state index contributed by atoms with van der Waals surface area (Å²) in [4.78, 5) is 22.9. The van der Waals surface area contributed by atoms with Gasteiger partial charge in [0.2, 0.25) is 5.91 Å². The van der Waals surface area contributed by atoms with Crippen molar-refractivity contribution < 1.29 is 19.0 Å². The molecule has 0 aliphatic carbocycles. The maximum absolute atomic E-state index is 14.8. The molecule has 216 valence electrons. The molecule has 3 N–H and O–H groups in total. The average molecular weight is 580 g/mol. The minimum absolute atomic E-state index is 0.0336. The predicted octanol–water partition coefficient (Wildman–Crippen LogP) is 5.30. The zero-order valence-electron chi connectivity index (χ0n) is 23.1. The Morgan fingerprint density at radius 1 is 1.20 bits per heavy atom. The number of rotatable bonds is 10. The summed E-state index contributed by atoms with van der Waals surface area (Å²) in [5, 5.41) is 10.3. The topological polar surface area (TPSA) is 106 Å². The Hall–Kier alpha value is -3.53. The standard InChI is InChI=1S/C31H35ClFN5O3/c1-41-13-3-12-38-28(16-25-27(33)10-9-26(32)30(25)38)22-4-2-11-37(19-22)29(39)15-24(34)14-20-5-7-21(8-6-20)23-17-35-31(40)36-18-23/h5-10,16-18,22,24H,2-4,11-15,19,34H2,1H3,(H,35,36,40)/t22?,24-/m1/s1. The van der Waals surface area contributed by atoms with E-state index in [0.29, 0.717) is 48.6 Å². The maximum atomic E-state index is 14.8. The largest absolute Gasteiger partial charge is 0.479 e. The van der Waals surface area contributed by atoms with E-state index < -0.39 is 0 Å². The van der Waals surface area contributed by atoms with Crippen molar-refractivity contribution >= 4 is 28.4 Å². The minimum atomic E-state index is -0.320. The summed E-state index contributed by atoms with van der Waals surface area (Å²) in [7, 11) is 1.67. The molecule has 10 heteroatoms. The molecule has 2 aromatic carbocycles. The molecule has 4 aromatic rings. The fraction of sp³-hybridized carbons (Fsp3) is 0.387. The summed E-state index contributed by atoms with van der Waals surface area (Å²) in [6.07, 6.45) is 6.50. The lowest BCUT2D eigenvalue weighted by Gasteiger charge is -2.34. The van der Waals surface area contributed by atoms with E-state index >= 15 is 0 Å². The number of hydrogen-bond acceptors (Lipinski definition) is 6. The lowest BCUT2D eigenvalue weighted by molar-refractivity contribution is -0.132. The van der Waals surface area contributed by atoms with E-state index in [9.17, 15) is 14.3 Å². The molecule has 5 rings (SSSR count). The molecule has 3 heterocycles. The molecule has 0 bridgehead atoms. The van der Waals surface area contributed by atoms with Crippen molar-refractivity contribution in [2.75, 3.05) is 26.8 Å². The van der Waals surface area contributed by atoms with Crippen LogP contribution < -0.4 is 5.73 Å². The van der Waals surface area contributed by atoms with Gasteiger partial charge in [0.25, 0.3) is 0 Å². The fourth-order valence-electron chi connectivity index (χ4n) is 5.75. The number of carbonyl (C=O) groups excluding carboxylic acids is 1. The Bertz CT molecular complexity index is 1490. The number of aryl methyl sites for hydroxylation is 1. The third-order valence-electron chi connectivity index (χ3n) is 7.77. The summed E-state index contributed by atoms with van der Waals surface area (Å²) in [6, 6.07) is 12.2. The first-order valence-electron chi connectivity index (χ1n) is 13.9. The van der Waals surface area contributed by atoms with Crippen LogP contribution in [-0.4, -0.2) is 63.3 Å². The van der Waals surface area contributed by atoms with Gasteiger partial charge in [-0.05, 0) is 55.0 Å². The van der Waals surface area contributed by atoms with Gasteiger partial charge in [-0.2, -0.15) is 0 Å². The summed E-state index contributed by atoms with van der Waals surface area (Å²) >= 11 is 6.54. The van der Waals surface area contributed by atoms with Gasteiger partial charge < -0.3 is 25.0 Å². The molecule has 41 heavy (non-hydrogen) atoms. The number of nitrogens with zero attached hydrogens (tertiary/aromatic N) is 4. The average Bonchev–Trinajstić information content (AvgIpc) is 3.37. The van der Waals surface area contributed by atoms with Gasteiger partial charge in [0.1, 0.15) is 5.82 Å². The van der Waals surface area contributed by atoms with Crippen LogP contribution in [0.1, 0.15) is 42.9 Å². The van der Waals surface area contributed by atoms with Gasteiger partial charge in [0, 0.05) is 80.8 Å². The minimum Gasteiger partial charge on any atom is -0.479 e. The van der Waals surface area contributed by atoms with Gasteiger partial charge in [-0.3, -0.25) is 4.79 Å². The van der Waals surface area contributed by atoms with Crippen molar-refractivity contribution in [3.05, 3.63) is 77.0 Å². The number of amides is 1. The molecule has 1 saturated heterocycles. The maximum Gasteiger partial charge on any atom is 0.313 e. The van der Waals surface area contributed by atoms with Crippen LogP contribution in [0.5, 0.6) is 6.01 Å². The fourth-order valence-corrected chi connectivity index (χ4v) is 6.01. The number of nitrogens with two attached hydrogens (primary N) is 1. The first-order chi connectivity index (χ1) is 19.8. The number of hydrogen-bond donors (Lipinski definition) is 2. The third-order valence-corrected chi connectivity index (χ3v) is 8.08. The number of halogens is 2. The van der Waals surface area contributed by atoms with Crippen LogP contribution in [-0.2, 0) is 22.5 Å². The van der Waals surface area contributed by atoms with E-state index in [-0.39, 0.29) is 36.1 Å². The number of ether oxygens (including phenoxy) is 1. The van der Waals surface area contributed by atoms with Crippen LogP contribution in [0.25, 0.3) is 22.0 Å². The highest BCUT2D eigenvalue weighted by molar-refractivity contribution is 6.35. The summed E-state index contributed by atoms with van der Waals surface area (Å²) in [5.74, 6) is -0.188. The number of benzene rings is 2. The van der Waals surface area contributed by atoms with E-state index in [0.717, 1.165) is 41.6 Å². The van der Waals surface area contributed by atoms with Crippen LogP contribution in [0.15, 0.2) is 54.9 Å². The van der Waals surface area contributed by atoms with E-state index in [4.69, 9.17) is 22.1 Å². The number of aromatic hydroxyl groups is 1. The van der Waals surface area contributed by atoms with E-state index in [1.54, 1.807) is 25.6 Å². The van der Waals surface area contributed by atoms with Crippen LogP contribution in [0.2, 0.25) is 5.02 Å². The van der Waals surface area contributed by atoms with Crippen molar-refractivity contribution in [3.8, 4) is 17.1 Å². The smallest absolute Gasteiger partial charge is 0.313 e. The highest BCUT2D eigenvalue weighted by Gasteiger charge is 2.29. The lowest BCUT2D eigenvalue weighted by atomic mass is 9.93.